The molecule has 0 aliphatic rings. The number of aryl methyl sites for hydroxylation is 2. The van der Waals surface area contributed by atoms with Crippen molar-refractivity contribution < 1.29 is 19.4 Å². The van der Waals surface area contributed by atoms with E-state index in [0.717, 1.165) is 22.4 Å². The van der Waals surface area contributed by atoms with Crippen LogP contribution in [0.2, 0.25) is 0 Å². The summed E-state index contributed by atoms with van der Waals surface area (Å²) in [4.78, 5) is 11.9. The van der Waals surface area contributed by atoms with Gasteiger partial charge < -0.3 is 14.6 Å². The second kappa shape index (κ2) is 8.71. The van der Waals surface area contributed by atoms with Gasteiger partial charge in [0.1, 0.15) is 5.75 Å². The molecule has 0 heterocycles. The van der Waals surface area contributed by atoms with Crippen molar-refractivity contribution in [3.05, 3.63) is 51.0 Å². The minimum absolute atomic E-state index is 0.00554. The average molecular weight is 421 g/mol. The largest absolute Gasteiger partial charge is 0.503 e. The molecule has 0 radical (unpaired) electrons. The molecule has 0 aliphatic heterocycles. The number of hydrazone groups is 1. The van der Waals surface area contributed by atoms with E-state index in [9.17, 15) is 9.90 Å². The van der Waals surface area contributed by atoms with Crippen LogP contribution in [0, 0.1) is 20.8 Å². The van der Waals surface area contributed by atoms with Gasteiger partial charge in [-0.05, 0) is 71.1 Å². The van der Waals surface area contributed by atoms with E-state index in [1.807, 2.05) is 32.9 Å². The molecule has 0 bridgehead atoms. The van der Waals surface area contributed by atoms with Crippen LogP contribution in [0.15, 0.2) is 33.8 Å². The number of hydrogen-bond donors (Lipinski definition) is 2. The third-order valence-corrected chi connectivity index (χ3v) is 4.50. The average Bonchev–Trinajstić information content (AvgIpc) is 2.61. The number of nitrogens with one attached hydrogen (secondary N) is 1. The van der Waals surface area contributed by atoms with Crippen LogP contribution in [0.25, 0.3) is 0 Å². The smallest absolute Gasteiger partial charge is 0.277 e. The van der Waals surface area contributed by atoms with Crippen molar-refractivity contribution in [3.63, 3.8) is 0 Å². The molecule has 0 saturated heterocycles. The number of methoxy groups -OCH3 is 1. The first-order valence-electron chi connectivity index (χ1n) is 7.91. The third-order valence-electron chi connectivity index (χ3n) is 3.89. The minimum Gasteiger partial charge on any atom is -0.503 e. The number of nitrogens with zero attached hydrogens (tertiary/aromatic N) is 1. The van der Waals surface area contributed by atoms with Crippen molar-refractivity contribution >= 4 is 28.1 Å². The number of aromatic hydroxyl groups is 1. The Morgan fingerprint density at radius 1 is 1.27 bits per heavy atom. The number of hydrogen-bond acceptors (Lipinski definition) is 5. The summed E-state index contributed by atoms with van der Waals surface area (Å²) in [6.07, 6.45) is 1.45. The van der Waals surface area contributed by atoms with Crippen molar-refractivity contribution in [2.45, 2.75) is 20.8 Å². The van der Waals surface area contributed by atoms with Crippen LogP contribution in [0.5, 0.6) is 17.2 Å². The van der Waals surface area contributed by atoms with Gasteiger partial charge in [0.2, 0.25) is 0 Å². The number of benzene rings is 2. The van der Waals surface area contributed by atoms with Crippen LogP contribution in [-0.2, 0) is 4.79 Å². The summed E-state index contributed by atoms with van der Waals surface area (Å²) >= 11 is 3.23. The lowest BCUT2D eigenvalue weighted by Crippen LogP contribution is -2.25. The van der Waals surface area contributed by atoms with E-state index in [1.165, 1.54) is 13.3 Å². The minimum atomic E-state index is -0.369. The number of amides is 1. The van der Waals surface area contributed by atoms with Gasteiger partial charge in [0.15, 0.2) is 18.1 Å². The molecule has 0 fully saturated rings. The normalized spacial score (nSPS) is 10.8. The van der Waals surface area contributed by atoms with Gasteiger partial charge in [0.05, 0.1) is 17.8 Å². The van der Waals surface area contributed by atoms with Gasteiger partial charge in [-0.1, -0.05) is 12.1 Å². The second-order valence-corrected chi connectivity index (χ2v) is 6.64. The molecule has 7 heteroatoms. The molecule has 2 N–H and O–H groups in total. The number of rotatable bonds is 6. The predicted molar refractivity (Wildman–Crippen MR) is 104 cm³/mol. The maximum absolute atomic E-state index is 11.9. The molecule has 138 valence electrons. The maximum atomic E-state index is 11.9. The highest BCUT2D eigenvalue weighted by Crippen LogP contribution is 2.34. The molecule has 1 amide bonds. The van der Waals surface area contributed by atoms with E-state index in [1.54, 1.807) is 12.1 Å². The quantitative estimate of drug-likeness (QED) is 0.552. The molecular formula is C19H21BrN2O4. The highest BCUT2D eigenvalue weighted by atomic mass is 79.9. The van der Waals surface area contributed by atoms with E-state index >= 15 is 0 Å². The van der Waals surface area contributed by atoms with Gasteiger partial charge in [0, 0.05) is 0 Å². The lowest BCUT2D eigenvalue weighted by Gasteiger charge is -2.13. The summed E-state index contributed by atoms with van der Waals surface area (Å²) in [5, 5.41) is 13.7. The van der Waals surface area contributed by atoms with E-state index < -0.39 is 0 Å². The zero-order chi connectivity index (χ0) is 19.3. The van der Waals surface area contributed by atoms with Gasteiger partial charge in [-0.25, -0.2) is 5.43 Å². The molecule has 26 heavy (non-hydrogen) atoms. The van der Waals surface area contributed by atoms with Crippen molar-refractivity contribution in [2.24, 2.45) is 5.10 Å². The van der Waals surface area contributed by atoms with E-state index in [4.69, 9.17) is 9.47 Å². The molecule has 2 rings (SSSR count). The van der Waals surface area contributed by atoms with Crippen molar-refractivity contribution in [1.82, 2.24) is 5.43 Å². The monoisotopic (exact) mass is 420 g/mol. The first-order chi connectivity index (χ1) is 12.3. The van der Waals surface area contributed by atoms with E-state index in [-0.39, 0.29) is 18.3 Å². The lowest BCUT2D eigenvalue weighted by molar-refractivity contribution is -0.123. The zero-order valence-electron chi connectivity index (χ0n) is 15.1. The van der Waals surface area contributed by atoms with Gasteiger partial charge in [0.25, 0.3) is 5.91 Å². The van der Waals surface area contributed by atoms with Crippen molar-refractivity contribution in [1.29, 1.82) is 0 Å². The second-order valence-electron chi connectivity index (χ2n) is 5.79. The Hall–Kier alpha value is -2.54. The molecule has 0 atom stereocenters. The Bertz CT molecular complexity index is 850. The van der Waals surface area contributed by atoms with E-state index in [2.05, 4.69) is 26.5 Å². The lowest BCUT2D eigenvalue weighted by atomic mass is 10.1. The SMILES string of the molecule is COc1cc(C=NNC(=O)COc2c(C)ccc(C)c2C)cc(Br)c1O. The Morgan fingerprint density at radius 3 is 2.65 bits per heavy atom. The van der Waals surface area contributed by atoms with Crippen molar-refractivity contribution in [2.75, 3.05) is 13.7 Å². The zero-order valence-corrected chi connectivity index (χ0v) is 16.7. The molecule has 0 aromatic heterocycles. The Labute approximate surface area is 161 Å². The van der Waals surface area contributed by atoms with Gasteiger partial charge in [-0.15, -0.1) is 0 Å². The standard InChI is InChI=1S/C19H21BrN2O4/c1-11-5-6-12(2)19(13(11)3)26-10-17(23)22-21-9-14-7-15(20)18(24)16(8-14)25-4/h5-9,24H,10H2,1-4H3,(H,22,23). The topological polar surface area (TPSA) is 80.2 Å². The number of phenols is 1. The Kier molecular flexibility index (Phi) is 6.63. The molecule has 0 aliphatic carbocycles. The highest BCUT2D eigenvalue weighted by molar-refractivity contribution is 9.10. The van der Waals surface area contributed by atoms with Crippen LogP contribution in [-0.4, -0.2) is 30.9 Å². The third kappa shape index (κ3) is 4.76. The number of phenolic OH excluding ortho intramolecular Hbond substituents is 1. The first-order valence-corrected chi connectivity index (χ1v) is 8.70. The van der Waals surface area contributed by atoms with Crippen LogP contribution in [0.4, 0.5) is 0 Å². The van der Waals surface area contributed by atoms with Crippen LogP contribution in [0.1, 0.15) is 22.3 Å². The fourth-order valence-corrected chi connectivity index (χ4v) is 2.78. The first kappa shape index (κ1) is 19.8. The fraction of sp³-hybridized carbons (Fsp3) is 0.263. The highest BCUT2D eigenvalue weighted by Gasteiger charge is 2.09. The van der Waals surface area contributed by atoms with Crippen LogP contribution in [0.3, 0.4) is 0 Å². The molecule has 0 unspecified atom stereocenters. The van der Waals surface area contributed by atoms with Gasteiger partial charge >= 0.3 is 0 Å². The Morgan fingerprint density at radius 2 is 1.96 bits per heavy atom. The van der Waals surface area contributed by atoms with E-state index in [0.29, 0.717) is 15.8 Å². The molecule has 2 aromatic rings. The maximum Gasteiger partial charge on any atom is 0.277 e. The molecule has 0 spiro atoms. The van der Waals surface area contributed by atoms with Gasteiger partial charge in [-0.3, -0.25) is 4.79 Å². The Balaban J connectivity index is 1.96. The molecular weight excluding hydrogens is 400 g/mol. The van der Waals surface area contributed by atoms with Gasteiger partial charge in [-0.2, -0.15) is 5.10 Å². The molecule has 0 saturated carbocycles. The molecule has 2 aromatic carbocycles. The molecule has 6 nitrogen and oxygen atoms in total. The predicted octanol–water partition coefficient (Wildman–Crippen LogP) is 3.62. The summed E-state index contributed by atoms with van der Waals surface area (Å²) in [6, 6.07) is 7.24. The summed E-state index contributed by atoms with van der Waals surface area (Å²) in [7, 11) is 1.46. The summed E-state index contributed by atoms with van der Waals surface area (Å²) in [5.74, 6) is 0.662. The fourth-order valence-electron chi connectivity index (χ4n) is 2.32. The number of halogens is 1. The number of ether oxygens (including phenoxy) is 2. The summed E-state index contributed by atoms with van der Waals surface area (Å²) < 4.78 is 11.2. The summed E-state index contributed by atoms with van der Waals surface area (Å²) in [5.41, 5.74) is 6.17. The number of carbonyl (C=O) groups is 1. The number of carbonyl (C=O) groups excluding carboxylic acids is 1. The van der Waals surface area contributed by atoms with Crippen molar-refractivity contribution in [3.8, 4) is 17.2 Å². The van der Waals surface area contributed by atoms with Crippen LogP contribution < -0.4 is 14.9 Å². The summed E-state index contributed by atoms with van der Waals surface area (Å²) in [6.45, 7) is 5.76. The van der Waals surface area contributed by atoms with Crippen LogP contribution >= 0.6 is 15.9 Å².